The molecule has 0 N–H and O–H groups in total. The van der Waals surface area contributed by atoms with E-state index in [4.69, 9.17) is 9.25 Å². The number of oxime groups is 1. The summed E-state index contributed by atoms with van der Waals surface area (Å²) >= 11 is 0. The first kappa shape index (κ1) is 6.86. The van der Waals surface area contributed by atoms with Crippen molar-refractivity contribution in [3.05, 3.63) is 24.2 Å². The zero-order valence-electron chi connectivity index (χ0n) is 5.78. The fourth-order valence-corrected chi connectivity index (χ4v) is 0.561. The van der Waals surface area contributed by atoms with Gasteiger partial charge in [0.25, 0.3) is 0 Å². The summed E-state index contributed by atoms with van der Waals surface area (Å²) in [6, 6.07) is 1.84. The highest BCUT2D eigenvalue weighted by atomic mass is 16.6. The molecule has 1 aromatic rings. The summed E-state index contributed by atoms with van der Waals surface area (Å²) < 4.78 is 4.81. The van der Waals surface area contributed by atoms with Crippen LogP contribution in [-0.2, 0) is 11.4 Å². The third-order valence-electron chi connectivity index (χ3n) is 0.991. The molecule has 54 valence electrons. The Morgan fingerprint density at radius 2 is 2.70 bits per heavy atom. The third-order valence-corrected chi connectivity index (χ3v) is 0.991. The molecule has 10 heavy (non-hydrogen) atoms. The normalized spacial score (nSPS) is 10.5. The van der Waals surface area contributed by atoms with E-state index in [0.717, 1.165) is 5.56 Å². The Balaban J connectivity index is 2.28. The van der Waals surface area contributed by atoms with Gasteiger partial charge in [-0.15, -0.1) is 0 Å². The lowest BCUT2D eigenvalue weighted by Crippen LogP contribution is -1.82. The summed E-state index contributed by atoms with van der Waals surface area (Å²) in [5.41, 5.74) is 0.991. The van der Waals surface area contributed by atoms with Crippen LogP contribution in [0.4, 0.5) is 0 Å². The molecule has 0 fully saturated rings. The summed E-state index contributed by atoms with van der Waals surface area (Å²) in [4.78, 5) is 4.84. The van der Waals surface area contributed by atoms with Crippen LogP contribution in [0.25, 0.3) is 0 Å². The summed E-state index contributed by atoms with van der Waals surface area (Å²) in [6.07, 6.45) is 4.83. The summed E-state index contributed by atoms with van der Waals surface area (Å²) in [5.74, 6) is 0. The van der Waals surface area contributed by atoms with Crippen molar-refractivity contribution in [2.24, 2.45) is 5.16 Å². The van der Waals surface area contributed by atoms with Crippen molar-refractivity contribution in [1.29, 1.82) is 0 Å². The Morgan fingerprint density at radius 1 is 1.80 bits per heavy atom. The summed E-state index contributed by atoms with van der Waals surface area (Å²) in [7, 11) is 0. The van der Waals surface area contributed by atoms with Crippen LogP contribution < -0.4 is 0 Å². The fourth-order valence-electron chi connectivity index (χ4n) is 0.561. The van der Waals surface area contributed by atoms with Crippen molar-refractivity contribution in [2.45, 2.75) is 13.5 Å². The zero-order valence-corrected chi connectivity index (χ0v) is 5.78. The Bertz CT molecular complexity index is 191. The Labute approximate surface area is 59.3 Å². The van der Waals surface area contributed by atoms with E-state index in [1.54, 1.807) is 25.7 Å². The predicted molar refractivity (Wildman–Crippen MR) is 37.7 cm³/mol. The number of furan rings is 1. The minimum absolute atomic E-state index is 0.473. The first-order valence-electron chi connectivity index (χ1n) is 3.04. The van der Waals surface area contributed by atoms with Crippen LogP contribution >= 0.6 is 0 Å². The van der Waals surface area contributed by atoms with Crippen molar-refractivity contribution in [3.63, 3.8) is 0 Å². The minimum Gasteiger partial charge on any atom is -0.472 e. The third kappa shape index (κ3) is 1.93. The molecule has 0 radical (unpaired) electrons. The van der Waals surface area contributed by atoms with Gasteiger partial charge in [-0.05, 0) is 13.0 Å². The van der Waals surface area contributed by atoms with E-state index in [2.05, 4.69) is 5.16 Å². The monoisotopic (exact) mass is 139 g/mol. The molecule has 0 amide bonds. The van der Waals surface area contributed by atoms with Crippen LogP contribution in [0.2, 0.25) is 0 Å². The molecule has 3 nitrogen and oxygen atoms in total. The van der Waals surface area contributed by atoms with Crippen LogP contribution in [0, 0.1) is 0 Å². The molecule has 0 saturated carbocycles. The molecule has 1 rings (SSSR count). The topological polar surface area (TPSA) is 34.7 Å². The maximum absolute atomic E-state index is 4.84. The van der Waals surface area contributed by atoms with E-state index < -0.39 is 0 Å². The van der Waals surface area contributed by atoms with Gasteiger partial charge in [0.15, 0.2) is 0 Å². The molecule has 0 aliphatic rings. The molecule has 0 saturated heterocycles. The first-order valence-corrected chi connectivity index (χ1v) is 3.04. The zero-order chi connectivity index (χ0) is 7.23. The van der Waals surface area contributed by atoms with Crippen molar-refractivity contribution in [2.75, 3.05) is 0 Å². The van der Waals surface area contributed by atoms with Gasteiger partial charge in [0.05, 0.1) is 12.5 Å². The molecule has 0 spiro atoms. The van der Waals surface area contributed by atoms with Crippen molar-refractivity contribution in [3.8, 4) is 0 Å². The van der Waals surface area contributed by atoms with E-state index >= 15 is 0 Å². The van der Waals surface area contributed by atoms with E-state index in [0.29, 0.717) is 6.61 Å². The molecule has 0 atom stereocenters. The van der Waals surface area contributed by atoms with Crippen molar-refractivity contribution < 1.29 is 9.25 Å². The van der Waals surface area contributed by atoms with Crippen LogP contribution in [0.15, 0.2) is 28.2 Å². The fraction of sp³-hybridized carbons (Fsp3) is 0.286. The van der Waals surface area contributed by atoms with Gasteiger partial charge in [0.1, 0.15) is 6.61 Å². The molecular weight excluding hydrogens is 130 g/mol. The standard InChI is InChI=1S/C7H9NO2/c1-2-8-10-6-7-3-4-9-5-7/h2-5H,6H2,1H3/b8-2+. The average molecular weight is 139 g/mol. The maximum Gasteiger partial charge on any atom is 0.145 e. The molecule has 0 aromatic carbocycles. The second kappa shape index (κ2) is 3.71. The predicted octanol–water partition coefficient (Wildman–Crippen LogP) is 1.80. The average Bonchev–Trinajstić information content (AvgIpc) is 2.41. The highest BCUT2D eigenvalue weighted by Crippen LogP contribution is 2.00. The molecular formula is C7H9NO2. The SMILES string of the molecule is C/C=N/OCc1ccoc1. The Hall–Kier alpha value is -1.25. The maximum atomic E-state index is 4.84. The van der Waals surface area contributed by atoms with Crippen molar-refractivity contribution in [1.82, 2.24) is 0 Å². The molecule has 0 bridgehead atoms. The van der Waals surface area contributed by atoms with Crippen LogP contribution in [0.1, 0.15) is 12.5 Å². The quantitative estimate of drug-likeness (QED) is 0.472. The van der Waals surface area contributed by atoms with Gasteiger partial charge in [0, 0.05) is 11.8 Å². The highest BCUT2D eigenvalue weighted by Gasteiger charge is 1.90. The van der Waals surface area contributed by atoms with Gasteiger partial charge < -0.3 is 9.25 Å². The number of hydrogen-bond acceptors (Lipinski definition) is 3. The Morgan fingerprint density at radius 3 is 3.30 bits per heavy atom. The van der Waals surface area contributed by atoms with Gasteiger partial charge in [-0.1, -0.05) is 5.16 Å². The van der Waals surface area contributed by atoms with Crippen molar-refractivity contribution >= 4 is 6.21 Å². The van der Waals surface area contributed by atoms with Gasteiger partial charge >= 0.3 is 0 Å². The van der Waals surface area contributed by atoms with Crippen LogP contribution in [0.5, 0.6) is 0 Å². The molecule has 0 aliphatic heterocycles. The second-order valence-electron chi connectivity index (χ2n) is 1.77. The molecule has 3 heteroatoms. The highest BCUT2D eigenvalue weighted by molar-refractivity contribution is 5.52. The Kier molecular flexibility index (Phi) is 2.55. The van der Waals surface area contributed by atoms with Gasteiger partial charge in [-0.25, -0.2) is 0 Å². The molecule has 0 unspecified atom stereocenters. The van der Waals surface area contributed by atoms with Crippen LogP contribution in [0.3, 0.4) is 0 Å². The minimum atomic E-state index is 0.473. The van der Waals surface area contributed by atoms with Crippen LogP contribution in [-0.4, -0.2) is 6.21 Å². The smallest absolute Gasteiger partial charge is 0.145 e. The number of rotatable bonds is 3. The summed E-state index contributed by atoms with van der Waals surface area (Å²) in [6.45, 7) is 2.27. The number of hydrogen-bond donors (Lipinski definition) is 0. The van der Waals surface area contributed by atoms with Gasteiger partial charge in [-0.2, -0.15) is 0 Å². The summed E-state index contributed by atoms with van der Waals surface area (Å²) in [5, 5.41) is 3.58. The first-order chi connectivity index (χ1) is 4.93. The van der Waals surface area contributed by atoms with E-state index in [1.807, 2.05) is 6.07 Å². The van der Waals surface area contributed by atoms with E-state index in [1.165, 1.54) is 0 Å². The lowest BCUT2D eigenvalue weighted by atomic mass is 10.4. The largest absolute Gasteiger partial charge is 0.472 e. The lowest BCUT2D eigenvalue weighted by Gasteiger charge is -1.91. The molecule has 0 aliphatic carbocycles. The lowest BCUT2D eigenvalue weighted by molar-refractivity contribution is 0.131. The van der Waals surface area contributed by atoms with E-state index in [9.17, 15) is 0 Å². The molecule has 1 heterocycles. The molecule has 1 aromatic heterocycles. The second-order valence-corrected chi connectivity index (χ2v) is 1.77. The van der Waals surface area contributed by atoms with E-state index in [-0.39, 0.29) is 0 Å². The van der Waals surface area contributed by atoms with Gasteiger partial charge in [0.2, 0.25) is 0 Å². The van der Waals surface area contributed by atoms with Gasteiger partial charge in [-0.3, -0.25) is 0 Å². The number of nitrogens with zero attached hydrogens (tertiary/aromatic N) is 1.